The molecule has 142 valence electrons. The van der Waals surface area contributed by atoms with Crippen molar-refractivity contribution in [2.24, 2.45) is 16.0 Å². The van der Waals surface area contributed by atoms with Gasteiger partial charge in [-0.2, -0.15) is 0 Å². The highest BCUT2D eigenvalue weighted by molar-refractivity contribution is 5.91. The molecular formula is C17H21N7O3. The largest absolute Gasteiger partial charge is 0.423 e. The van der Waals surface area contributed by atoms with Gasteiger partial charge in [0.25, 0.3) is 0 Å². The molecule has 0 spiro atoms. The zero-order valence-corrected chi connectivity index (χ0v) is 15.0. The molecule has 2 aromatic rings. The predicted molar refractivity (Wildman–Crippen MR) is 101 cm³/mol. The SMILES string of the molecule is CNCC(=O)Nc1ccc(/N=N/c2ccccc2OC(=O)[C@H](C)N)c(N)n1. The Balaban J connectivity index is 2.16. The Kier molecular flexibility index (Phi) is 6.92. The lowest BCUT2D eigenvalue weighted by molar-refractivity contribution is -0.135. The third-order valence-electron chi connectivity index (χ3n) is 3.22. The van der Waals surface area contributed by atoms with E-state index in [9.17, 15) is 9.59 Å². The summed E-state index contributed by atoms with van der Waals surface area (Å²) < 4.78 is 5.19. The van der Waals surface area contributed by atoms with Crippen molar-refractivity contribution in [1.29, 1.82) is 0 Å². The van der Waals surface area contributed by atoms with E-state index < -0.39 is 12.0 Å². The fraction of sp³-hybridized carbons (Fsp3) is 0.235. The molecule has 1 heterocycles. The number of benzene rings is 1. The van der Waals surface area contributed by atoms with Crippen LogP contribution in [0.5, 0.6) is 5.75 Å². The predicted octanol–water partition coefficient (Wildman–Crippen LogP) is 1.49. The molecule has 0 aliphatic heterocycles. The van der Waals surface area contributed by atoms with Gasteiger partial charge in [-0.1, -0.05) is 12.1 Å². The van der Waals surface area contributed by atoms with Crippen LogP contribution in [0.2, 0.25) is 0 Å². The highest BCUT2D eigenvalue weighted by Gasteiger charge is 2.13. The molecule has 27 heavy (non-hydrogen) atoms. The molecule has 10 nitrogen and oxygen atoms in total. The van der Waals surface area contributed by atoms with Crippen molar-refractivity contribution in [3.05, 3.63) is 36.4 Å². The summed E-state index contributed by atoms with van der Waals surface area (Å²) >= 11 is 0. The van der Waals surface area contributed by atoms with Crippen LogP contribution in [0.3, 0.4) is 0 Å². The Labute approximate surface area is 156 Å². The number of ether oxygens (including phenoxy) is 1. The van der Waals surface area contributed by atoms with Gasteiger partial charge >= 0.3 is 5.97 Å². The molecular weight excluding hydrogens is 350 g/mol. The van der Waals surface area contributed by atoms with E-state index in [-0.39, 0.29) is 24.0 Å². The summed E-state index contributed by atoms with van der Waals surface area (Å²) in [6, 6.07) is 8.99. The Hall–Kier alpha value is -3.37. The maximum atomic E-state index is 11.7. The first-order valence-corrected chi connectivity index (χ1v) is 8.09. The summed E-state index contributed by atoms with van der Waals surface area (Å²) in [5, 5.41) is 13.4. The van der Waals surface area contributed by atoms with Crippen LogP contribution in [0.4, 0.5) is 23.0 Å². The third-order valence-corrected chi connectivity index (χ3v) is 3.22. The highest BCUT2D eigenvalue weighted by Crippen LogP contribution is 2.30. The second-order valence-corrected chi connectivity index (χ2v) is 5.56. The number of nitrogen functional groups attached to an aromatic ring is 1. The number of nitrogens with zero attached hydrogens (tertiary/aromatic N) is 3. The lowest BCUT2D eigenvalue weighted by Gasteiger charge is -2.08. The zero-order valence-electron chi connectivity index (χ0n) is 15.0. The number of rotatable bonds is 7. The first kappa shape index (κ1) is 19.9. The van der Waals surface area contributed by atoms with Gasteiger partial charge in [-0.3, -0.25) is 4.79 Å². The van der Waals surface area contributed by atoms with Crippen LogP contribution >= 0.6 is 0 Å². The van der Waals surface area contributed by atoms with Gasteiger partial charge < -0.3 is 26.8 Å². The molecule has 0 saturated carbocycles. The van der Waals surface area contributed by atoms with E-state index in [1.54, 1.807) is 43.4 Å². The average Bonchev–Trinajstić information content (AvgIpc) is 2.62. The van der Waals surface area contributed by atoms with Gasteiger partial charge in [0.1, 0.15) is 23.2 Å². The first-order chi connectivity index (χ1) is 12.9. The second kappa shape index (κ2) is 9.36. The van der Waals surface area contributed by atoms with Crippen molar-refractivity contribution in [3.8, 4) is 5.75 Å². The number of amides is 1. The van der Waals surface area contributed by atoms with E-state index in [1.807, 2.05) is 0 Å². The minimum Gasteiger partial charge on any atom is -0.423 e. The Bertz CT molecular complexity index is 852. The minimum absolute atomic E-state index is 0.0889. The fourth-order valence-electron chi connectivity index (χ4n) is 1.90. The van der Waals surface area contributed by atoms with Crippen LogP contribution < -0.4 is 26.8 Å². The minimum atomic E-state index is -0.763. The number of para-hydroxylation sites is 1. The van der Waals surface area contributed by atoms with E-state index in [0.717, 1.165) is 0 Å². The average molecular weight is 371 g/mol. The normalized spacial score (nSPS) is 12.0. The number of nitrogens with one attached hydrogen (secondary N) is 2. The Morgan fingerprint density at radius 3 is 2.56 bits per heavy atom. The lowest BCUT2D eigenvalue weighted by atomic mass is 10.3. The molecule has 1 aromatic heterocycles. The smallest absolute Gasteiger partial charge is 0.328 e. The van der Waals surface area contributed by atoms with Crippen molar-refractivity contribution < 1.29 is 14.3 Å². The van der Waals surface area contributed by atoms with Crippen molar-refractivity contribution in [3.63, 3.8) is 0 Å². The zero-order chi connectivity index (χ0) is 19.8. The van der Waals surface area contributed by atoms with Gasteiger partial charge in [-0.15, -0.1) is 10.2 Å². The molecule has 1 amide bonds. The van der Waals surface area contributed by atoms with Gasteiger partial charge in [0, 0.05) is 0 Å². The van der Waals surface area contributed by atoms with E-state index in [1.165, 1.54) is 6.92 Å². The van der Waals surface area contributed by atoms with Crippen molar-refractivity contribution >= 4 is 34.9 Å². The van der Waals surface area contributed by atoms with Crippen molar-refractivity contribution in [2.75, 3.05) is 24.6 Å². The van der Waals surface area contributed by atoms with E-state index >= 15 is 0 Å². The maximum absolute atomic E-state index is 11.7. The quantitative estimate of drug-likeness (QED) is 0.326. The first-order valence-electron chi connectivity index (χ1n) is 8.09. The Morgan fingerprint density at radius 1 is 1.19 bits per heavy atom. The van der Waals surface area contributed by atoms with Crippen molar-refractivity contribution in [2.45, 2.75) is 13.0 Å². The number of pyridine rings is 1. The van der Waals surface area contributed by atoms with E-state index in [4.69, 9.17) is 16.2 Å². The molecule has 0 aliphatic rings. The van der Waals surface area contributed by atoms with Crippen molar-refractivity contribution in [1.82, 2.24) is 10.3 Å². The lowest BCUT2D eigenvalue weighted by Crippen LogP contribution is -2.30. The summed E-state index contributed by atoms with van der Waals surface area (Å²) in [5.74, 6) is -0.209. The number of likely N-dealkylation sites (N-methyl/N-ethyl adjacent to an activating group) is 1. The summed E-state index contributed by atoms with van der Waals surface area (Å²) in [6.45, 7) is 1.68. The second-order valence-electron chi connectivity index (χ2n) is 5.56. The molecule has 0 radical (unpaired) electrons. The van der Waals surface area contributed by atoms with Crippen LogP contribution in [-0.2, 0) is 9.59 Å². The van der Waals surface area contributed by atoms with Gasteiger partial charge in [0.2, 0.25) is 5.91 Å². The molecule has 2 rings (SSSR count). The molecule has 0 saturated heterocycles. The maximum Gasteiger partial charge on any atom is 0.328 e. The molecule has 0 aliphatic carbocycles. The van der Waals surface area contributed by atoms with Gasteiger partial charge in [0.05, 0.1) is 6.54 Å². The number of nitrogens with two attached hydrogens (primary N) is 2. The molecule has 10 heteroatoms. The van der Waals surface area contributed by atoms with Crippen LogP contribution in [-0.4, -0.2) is 36.5 Å². The number of azo groups is 1. The van der Waals surface area contributed by atoms with Gasteiger partial charge in [-0.05, 0) is 38.2 Å². The molecule has 0 unspecified atom stereocenters. The summed E-state index contributed by atoms with van der Waals surface area (Å²) in [7, 11) is 1.66. The Morgan fingerprint density at radius 2 is 1.89 bits per heavy atom. The van der Waals surface area contributed by atoms with Gasteiger partial charge in [-0.25, -0.2) is 9.78 Å². The third kappa shape index (κ3) is 5.83. The summed E-state index contributed by atoms with van der Waals surface area (Å²) in [5.41, 5.74) is 12.0. The number of hydrogen-bond acceptors (Lipinski definition) is 9. The molecule has 1 aromatic carbocycles. The standard InChI is InChI=1S/C17H21N7O3/c1-10(18)17(26)27-13-6-4-3-5-11(13)23-24-12-7-8-14(22-16(12)19)21-15(25)9-20-2/h3-8,10,20H,9,18H2,1-2H3,(H3,19,21,22,25)/b24-23+/t10-/m0/s1. The van der Waals surface area contributed by atoms with Crippen LogP contribution in [0.1, 0.15) is 6.92 Å². The number of esters is 1. The summed E-state index contributed by atoms with van der Waals surface area (Å²) in [6.07, 6.45) is 0. The molecule has 0 bridgehead atoms. The number of aromatic nitrogens is 1. The molecule has 0 fully saturated rings. The number of carbonyl (C=O) groups is 2. The monoisotopic (exact) mass is 371 g/mol. The van der Waals surface area contributed by atoms with E-state index in [0.29, 0.717) is 17.2 Å². The highest BCUT2D eigenvalue weighted by atomic mass is 16.5. The number of anilines is 2. The number of hydrogen-bond donors (Lipinski definition) is 4. The topological polar surface area (TPSA) is 157 Å². The van der Waals surface area contributed by atoms with E-state index in [2.05, 4.69) is 25.8 Å². The summed E-state index contributed by atoms with van der Waals surface area (Å²) in [4.78, 5) is 27.3. The molecule has 1 atom stereocenters. The van der Waals surface area contributed by atoms with Crippen LogP contribution in [0.15, 0.2) is 46.6 Å². The van der Waals surface area contributed by atoms with Crippen LogP contribution in [0, 0.1) is 0 Å². The fourth-order valence-corrected chi connectivity index (χ4v) is 1.90. The van der Waals surface area contributed by atoms with Gasteiger partial charge in [0.15, 0.2) is 11.6 Å². The molecule has 6 N–H and O–H groups in total. The number of carbonyl (C=O) groups excluding carboxylic acids is 2. The van der Waals surface area contributed by atoms with Crippen LogP contribution in [0.25, 0.3) is 0 Å².